The summed E-state index contributed by atoms with van der Waals surface area (Å²) in [7, 11) is 1.43. The van der Waals surface area contributed by atoms with Gasteiger partial charge in [-0.3, -0.25) is 4.79 Å². The van der Waals surface area contributed by atoms with Crippen molar-refractivity contribution in [3.05, 3.63) is 41.3 Å². The summed E-state index contributed by atoms with van der Waals surface area (Å²) in [5, 5.41) is 3.98. The Hall–Kier alpha value is -2.44. The van der Waals surface area contributed by atoms with Crippen molar-refractivity contribution in [1.82, 2.24) is 15.0 Å². The summed E-state index contributed by atoms with van der Waals surface area (Å²) < 4.78 is 23.7. The fourth-order valence-corrected chi connectivity index (χ4v) is 3.17. The monoisotopic (exact) mass is 347 g/mol. The number of hydrogen-bond acceptors (Lipinski definition) is 5. The molecule has 1 aliphatic heterocycles. The molecular weight excluding hydrogens is 325 g/mol. The normalized spacial score (nSPS) is 17.6. The number of aromatic nitrogens is 2. The molecule has 1 aliphatic rings. The first-order valence-corrected chi connectivity index (χ1v) is 8.47. The molecule has 0 unspecified atom stereocenters. The van der Waals surface area contributed by atoms with E-state index in [2.05, 4.69) is 10.1 Å². The van der Waals surface area contributed by atoms with Gasteiger partial charge in [-0.1, -0.05) is 11.2 Å². The van der Waals surface area contributed by atoms with E-state index in [0.717, 1.165) is 24.9 Å². The zero-order valence-electron chi connectivity index (χ0n) is 14.5. The van der Waals surface area contributed by atoms with E-state index in [4.69, 9.17) is 9.26 Å². The number of piperidine rings is 1. The summed E-state index contributed by atoms with van der Waals surface area (Å²) in [4.78, 5) is 18.6. The van der Waals surface area contributed by atoms with Gasteiger partial charge in [-0.15, -0.1) is 0 Å². The molecule has 1 atom stereocenters. The highest BCUT2D eigenvalue weighted by Crippen LogP contribution is 2.25. The van der Waals surface area contributed by atoms with E-state index in [1.54, 1.807) is 19.1 Å². The van der Waals surface area contributed by atoms with Gasteiger partial charge in [0.15, 0.2) is 17.4 Å². The second kappa shape index (κ2) is 7.63. The van der Waals surface area contributed by atoms with Gasteiger partial charge in [-0.05, 0) is 37.0 Å². The Morgan fingerprint density at radius 3 is 3.00 bits per heavy atom. The smallest absolute Gasteiger partial charge is 0.223 e. The number of nitrogens with zero attached hydrogens (tertiary/aromatic N) is 3. The third-order valence-corrected chi connectivity index (χ3v) is 4.53. The van der Waals surface area contributed by atoms with Gasteiger partial charge in [0.25, 0.3) is 0 Å². The van der Waals surface area contributed by atoms with Crippen LogP contribution in [-0.2, 0) is 11.2 Å². The molecule has 0 spiro atoms. The van der Waals surface area contributed by atoms with E-state index >= 15 is 0 Å². The number of carbonyl (C=O) groups is 1. The first kappa shape index (κ1) is 17.4. The van der Waals surface area contributed by atoms with E-state index in [0.29, 0.717) is 31.1 Å². The number of benzene rings is 1. The van der Waals surface area contributed by atoms with Gasteiger partial charge in [-0.2, -0.15) is 4.98 Å². The van der Waals surface area contributed by atoms with Gasteiger partial charge in [0.2, 0.25) is 11.8 Å². The van der Waals surface area contributed by atoms with Crippen LogP contribution in [-0.4, -0.2) is 41.1 Å². The van der Waals surface area contributed by atoms with Gasteiger partial charge in [0, 0.05) is 32.4 Å². The minimum atomic E-state index is -0.405. The summed E-state index contributed by atoms with van der Waals surface area (Å²) in [5.74, 6) is 1.21. The fraction of sp³-hybridized carbons (Fsp3) is 0.500. The summed E-state index contributed by atoms with van der Waals surface area (Å²) in [6.07, 6.45) is 2.72. The Bertz CT molecular complexity index is 747. The van der Waals surface area contributed by atoms with Crippen LogP contribution < -0.4 is 4.74 Å². The lowest BCUT2D eigenvalue weighted by atomic mass is 9.97. The van der Waals surface area contributed by atoms with Crippen molar-refractivity contribution in [1.29, 1.82) is 0 Å². The van der Waals surface area contributed by atoms with E-state index in [1.807, 2.05) is 4.90 Å². The molecule has 1 aromatic heterocycles. The summed E-state index contributed by atoms with van der Waals surface area (Å²) >= 11 is 0. The molecule has 0 aliphatic carbocycles. The molecule has 7 heteroatoms. The highest BCUT2D eigenvalue weighted by atomic mass is 19.1. The van der Waals surface area contributed by atoms with Crippen LogP contribution in [0.15, 0.2) is 22.7 Å². The molecule has 1 fully saturated rings. The minimum absolute atomic E-state index is 0.0705. The maximum atomic E-state index is 13.7. The lowest BCUT2D eigenvalue weighted by molar-refractivity contribution is -0.132. The van der Waals surface area contributed by atoms with Crippen molar-refractivity contribution in [2.45, 2.75) is 38.5 Å². The predicted octanol–water partition coefficient (Wildman–Crippen LogP) is 2.86. The third kappa shape index (κ3) is 4.15. The van der Waals surface area contributed by atoms with Crippen LogP contribution in [0.5, 0.6) is 5.75 Å². The average molecular weight is 347 g/mol. The molecule has 0 N–H and O–H groups in total. The van der Waals surface area contributed by atoms with Gasteiger partial charge < -0.3 is 14.2 Å². The van der Waals surface area contributed by atoms with Gasteiger partial charge in [-0.25, -0.2) is 4.39 Å². The number of amides is 1. The van der Waals surface area contributed by atoms with Gasteiger partial charge in [0.1, 0.15) is 0 Å². The van der Waals surface area contributed by atoms with Crippen LogP contribution in [0.3, 0.4) is 0 Å². The van der Waals surface area contributed by atoms with E-state index in [9.17, 15) is 9.18 Å². The van der Waals surface area contributed by atoms with Gasteiger partial charge >= 0.3 is 0 Å². The maximum Gasteiger partial charge on any atom is 0.223 e. The first-order valence-electron chi connectivity index (χ1n) is 8.47. The zero-order chi connectivity index (χ0) is 17.8. The van der Waals surface area contributed by atoms with E-state index in [-0.39, 0.29) is 17.6 Å². The Kier molecular flexibility index (Phi) is 5.31. The number of ether oxygens (including phenoxy) is 1. The molecule has 2 heterocycles. The lowest BCUT2D eigenvalue weighted by Gasteiger charge is -2.31. The molecule has 134 valence electrons. The van der Waals surface area contributed by atoms with Crippen LogP contribution >= 0.6 is 0 Å². The molecule has 1 aromatic carbocycles. The quantitative estimate of drug-likeness (QED) is 0.832. The molecule has 6 nitrogen and oxygen atoms in total. The second-order valence-electron chi connectivity index (χ2n) is 6.32. The predicted molar refractivity (Wildman–Crippen MR) is 88.9 cm³/mol. The zero-order valence-corrected chi connectivity index (χ0v) is 14.5. The van der Waals surface area contributed by atoms with Crippen LogP contribution in [0.2, 0.25) is 0 Å². The minimum Gasteiger partial charge on any atom is -0.494 e. The molecule has 1 saturated heterocycles. The molecule has 0 bridgehead atoms. The van der Waals surface area contributed by atoms with Crippen molar-refractivity contribution >= 4 is 5.91 Å². The van der Waals surface area contributed by atoms with Crippen molar-refractivity contribution < 1.29 is 18.4 Å². The number of hydrogen-bond donors (Lipinski definition) is 0. The summed E-state index contributed by atoms with van der Waals surface area (Å²) in [6.45, 7) is 3.11. The number of methoxy groups -OCH3 is 1. The fourth-order valence-electron chi connectivity index (χ4n) is 3.17. The Balaban J connectivity index is 1.56. The second-order valence-corrected chi connectivity index (χ2v) is 6.32. The van der Waals surface area contributed by atoms with E-state index in [1.165, 1.54) is 13.2 Å². The SMILES string of the molecule is COc1ccc(CCC(=O)N2CCC[C@@H](c3noc(C)n3)C2)cc1F. The summed E-state index contributed by atoms with van der Waals surface area (Å²) in [6, 6.07) is 4.80. The van der Waals surface area contributed by atoms with E-state index < -0.39 is 5.82 Å². The standard InChI is InChI=1S/C18H22FN3O3/c1-12-20-18(21-25-12)14-4-3-9-22(11-14)17(23)8-6-13-5-7-16(24-2)15(19)10-13/h5,7,10,14H,3-4,6,8-9,11H2,1-2H3/t14-/m1/s1. The van der Waals surface area contributed by atoms with Crippen molar-refractivity contribution in [3.63, 3.8) is 0 Å². The molecule has 3 rings (SSSR count). The largest absolute Gasteiger partial charge is 0.494 e. The Morgan fingerprint density at radius 2 is 2.32 bits per heavy atom. The van der Waals surface area contributed by atoms with Crippen LogP contribution in [0.25, 0.3) is 0 Å². The lowest BCUT2D eigenvalue weighted by Crippen LogP contribution is -2.39. The molecule has 1 amide bonds. The number of likely N-dealkylation sites (tertiary alicyclic amines) is 1. The third-order valence-electron chi connectivity index (χ3n) is 4.53. The van der Waals surface area contributed by atoms with Crippen molar-refractivity contribution in [2.24, 2.45) is 0 Å². The Morgan fingerprint density at radius 1 is 1.48 bits per heavy atom. The Labute approximate surface area is 146 Å². The molecule has 25 heavy (non-hydrogen) atoms. The van der Waals surface area contributed by atoms with Crippen molar-refractivity contribution in [3.8, 4) is 5.75 Å². The highest BCUT2D eigenvalue weighted by Gasteiger charge is 2.27. The topological polar surface area (TPSA) is 68.5 Å². The molecule has 0 saturated carbocycles. The van der Waals surface area contributed by atoms with Crippen molar-refractivity contribution in [2.75, 3.05) is 20.2 Å². The summed E-state index contributed by atoms with van der Waals surface area (Å²) in [5.41, 5.74) is 0.786. The molecular formula is C18H22FN3O3. The van der Waals surface area contributed by atoms with Crippen LogP contribution in [0, 0.1) is 12.7 Å². The van der Waals surface area contributed by atoms with Gasteiger partial charge in [0.05, 0.1) is 7.11 Å². The molecule has 0 radical (unpaired) electrons. The number of aryl methyl sites for hydroxylation is 2. The number of carbonyl (C=O) groups excluding carboxylic acids is 1. The number of rotatable bonds is 5. The molecule has 2 aromatic rings. The van der Waals surface area contributed by atoms with Crippen LogP contribution in [0.4, 0.5) is 4.39 Å². The average Bonchev–Trinajstić information content (AvgIpc) is 3.06. The maximum absolute atomic E-state index is 13.7. The first-order chi connectivity index (χ1) is 12.1. The van der Waals surface area contributed by atoms with Crippen LogP contribution in [0.1, 0.15) is 42.5 Å². The highest BCUT2D eigenvalue weighted by molar-refractivity contribution is 5.76. The number of halogens is 1.